The highest BCUT2D eigenvalue weighted by molar-refractivity contribution is 7.19. The van der Waals surface area contributed by atoms with Crippen LogP contribution < -0.4 is 4.74 Å². The van der Waals surface area contributed by atoms with Gasteiger partial charge in [0.1, 0.15) is 10.8 Å². The van der Waals surface area contributed by atoms with Crippen LogP contribution in [-0.4, -0.2) is 26.4 Å². The monoisotopic (exact) mass is 336 g/mol. The Kier molecular flexibility index (Phi) is 3.74. The Hall–Kier alpha value is -2.73. The minimum Gasteiger partial charge on any atom is -0.494 e. The van der Waals surface area contributed by atoms with Crippen molar-refractivity contribution in [1.29, 1.82) is 0 Å². The van der Waals surface area contributed by atoms with Crippen LogP contribution in [-0.2, 0) is 0 Å². The molecule has 0 saturated carbocycles. The highest BCUT2D eigenvalue weighted by Gasteiger charge is 2.14. The first-order valence-electron chi connectivity index (χ1n) is 7.77. The van der Waals surface area contributed by atoms with Gasteiger partial charge in [0.2, 0.25) is 4.96 Å². The molecule has 120 valence electrons. The van der Waals surface area contributed by atoms with Crippen molar-refractivity contribution in [3.8, 4) is 27.7 Å². The number of benzene rings is 2. The zero-order valence-electron chi connectivity index (χ0n) is 13.4. The lowest BCUT2D eigenvalue weighted by Gasteiger charge is -2.03. The maximum Gasteiger partial charge on any atom is 0.235 e. The van der Waals surface area contributed by atoms with E-state index in [2.05, 4.69) is 35.3 Å². The summed E-state index contributed by atoms with van der Waals surface area (Å²) in [7, 11) is 0. The molecule has 0 atom stereocenters. The molecule has 24 heavy (non-hydrogen) atoms. The molecule has 0 amide bonds. The van der Waals surface area contributed by atoms with Crippen molar-refractivity contribution in [2.45, 2.75) is 13.8 Å². The topological polar surface area (TPSA) is 52.3 Å². The third-order valence-corrected chi connectivity index (χ3v) is 4.63. The summed E-state index contributed by atoms with van der Waals surface area (Å²) in [5.41, 5.74) is 3.28. The SMILES string of the molecule is CCOc1ccc(-c2nnc3sc(-c4cccc(C)c4)nn23)cc1. The summed E-state index contributed by atoms with van der Waals surface area (Å²) in [6, 6.07) is 16.1. The molecule has 2 aromatic carbocycles. The van der Waals surface area contributed by atoms with Crippen LogP contribution in [0.5, 0.6) is 5.75 Å². The highest BCUT2D eigenvalue weighted by atomic mass is 32.1. The lowest BCUT2D eigenvalue weighted by atomic mass is 10.1. The highest BCUT2D eigenvalue weighted by Crippen LogP contribution is 2.29. The molecule has 0 radical (unpaired) electrons. The van der Waals surface area contributed by atoms with Crippen LogP contribution in [0.1, 0.15) is 12.5 Å². The standard InChI is InChI=1S/C18H16N4OS/c1-3-23-15-9-7-13(8-10-15)16-19-20-18-22(16)21-17(24-18)14-6-4-5-12(2)11-14/h4-11H,3H2,1-2H3. The fourth-order valence-corrected chi connectivity index (χ4v) is 3.39. The molecule has 0 fully saturated rings. The van der Waals surface area contributed by atoms with Crippen molar-refractivity contribution >= 4 is 16.3 Å². The Labute approximate surface area is 143 Å². The van der Waals surface area contributed by atoms with Gasteiger partial charge >= 0.3 is 0 Å². The van der Waals surface area contributed by atoms with E-state index in [1.807, 2.05) is 37.3 Å². The minimum absolute atomic E-state index is 0.653. The summed E-state index contributed by atoms with van der Waals surface area (Å²) in [6.45, 7) is 4.70. The third-order valence-electron chi connectivity index (χ3n) is 3.68. The van der Waals surface area contributed by atoms with Gasteiger partial charge in [0, 0.05) is 11.1 Å². The smallest absolute Gasteiger partial charge is 0.235 e. The molecule has 0 aliphatic rings. The number of aromatic nitrogens is 4. The van der Waals surface area contributed by atoms with Gasteiger partial charge in [-0.15, -0.1) is 10.2 Å². The van der Waals surface area contributed by atoms with Crippen molar-refractivity contribution in [3.63, 3.8) is 0 Å². The quantitative estimate of drug-likeness (QED) is 0.560. The van der Waals surface area contributed by atoms with Crippen LogP contribution in [0.15, 0.2) is 48.5 Å². The molecule has 2 aromatic heterocycles. The first-order valence-corrected chi connectivity index (χ1v) is 8.59. The lowest BCUT2D eigenvalue weighted by molar-refractivity contribution is 0.340. The van der Waals surface area contributed by atoms with Crippen LogP contribution in [0.2, 0.25) is 0 Å². The molecule has 0 spiro atoms. The van der Waals surface area contributed by atoms with Crippen molar-refractivity contribution in [2.75, 3.05) is 6.61 Å². The van der Waals surface area contributed by atoms with E-state index >= 15 is 0 Å². The van der Waals surface area contributed by atoms with Gasteiger partial charge in [0.25, 0.3) is 0 Å². The van der Waals surface area contributed by atoms with E-state index in [4.69, 9.17) is 9.84 Å². The molecular weight excluding hydrogens is 320 g/mol. The van der Waals surface area contributed by atoms with Crippen LogP contribution in [0.4, 0.5) is 0 Å². The van der Waals surface area contributed by atoms with E-state index in [1.54, 1.807) is 4.52 Å². The van der Waals surface area contributed by atoms with Gasteiger partial charge in [0.05, 0.1) is 6.61 Å². The van der Waals surface area contributed by atoms with E-state index < -0.39 is 0 Å². The normalized spacial score (nSPS) is 11.1. The number of aryl methyl sites for hydroxylation is 1. The number of hydrogen-bond acceptors (Lipinski definition) is 5. The van der Waals surface area contributed by atoms with Crippen LogP contribution >= 0.6 is 11.3 Å². The summed E-state index contributed by atoms with van der Waals surface area (Å²) in [5, 5.41) is 14.2. The molecule has 0 bridgehead atoms. The molecule has 0 unspecified atom stereocenters. The Balaban J connectivity index is 1.74. The second kappa shape index (κ2) is 6.05. The lowest BCUT2D eigenvalue weighted by Crippen LogP contribution is -1.93. The summed E-state index contributed by atoms with van der Waals surface area (Å²) >= 11 is 1.54. The number of nitrogens with zero attached hydrogens (tertiary/aromatic N) is 4. The molecule has 0 saturated heterocycles. The van der Waals surface area contributed by atoms with Crippen LogP contribution in [0, 0.1) is 6.92 Å². The largest absolute Gasteiger partial charge is 0.494 e. The van der Waals surface area contributed by atoms with Gasteiger partial charge in [-0.2, -0.15) is 9.61 Å². The first kappa shape index (κ1) is 14.8. The zero-order valence-corrected chi connectivity index (χ0v) is 14.2. The molecule has 0 aliphatic carbocycles. The van der Waals surface area contributed by atoms with Crippen molar-refractivity contribution in [1.82, 2.24) is 19.8 Å². The van der Waals surface area contributed by atoms with E-state index in [1.165, 1.54) is 16.9 Å². The maximum atomic E-state index is 5.48. The second-order valence-corrected chi connectivity index (χ2v) is 6.41. The number of rotatable bonds is 4. The van der Waals surface area contributed by atoms with Crippen molar-refractivity contribution in [2.24, 2.45) is 0 Å². The fraction of sp³-hybridized carbons (Fsp3) is 0.167. The molecule has 2 heterocycles. The minimum atomic E-state index is 0.653. The van der Waals surface area contributed by atoms with Gasteiger partial charge in [0.15, 0.2) is 5.82 Å². The summed E-state index contributed by atoms with van der Waals surface area (Å²) in [6.07, 6.45) is 0. The van der Waals surface area contributed by atoms with Crippen LogP contribution in [0.3, 0.4) is 0 Å². The van der Waals surface area contributed by atoms with Crippen molar-refractivity contribution < 1.29 is 4.74 Å². The molecule has 0 aliphatic heterocycles. The van der Waals surface area contributed by atoms with E-state index in [-0.39, 0.29) is 0 Å². The van der Waals surface area contributed by atoms with E-state index in [0.29, 0.717) is 6.61 Å². The molecular formula is C18H16N4OS. The number of fused-ring (bicyclic) bond motifs is 1. The Morgan fingerprint density at radius 1 is 1.04 bits per heavy atom. The van der Waals surface area contributed by atoms with Crippen LogP contribution in [0.25, 0.3) is 26.9 Å². The Bertz CT molecular complexity index is 988. The van der Waals surface area contributed by atoms with E-state index in [0.717, 1.165) is 32.7 Å². The van der Waals surface area contributed by atoms with Gasteiger partial charge in [-0.05, 0) is 44.2 Å². The average molecular weight is 336 g/mol. The van der Waals surface area contributed by atoms with Gasteiger partial charge in [-0.1, -0.05) is 35.1 Å². The molecule has 0 N–H and O–H groups in total. The molecule has 4 rings (SSSR count). The Morgan fingerprint density at radius 3 is 2.62 bits per heavy atom. The predicted molar refractivity (Wildman–Crippen MR) is 95.4 cm³/mol. The summed E-state index contributed by atoms with van der Waals surface area (Å²) in [5.74, 6) is 1.59. The van der Waals surface area contributed by atoms with Gasteiger partial charge in [-0.25, -0.2) is 0 Å². The van der Waals surface area contributed by atoms with Gasteiger partial charge in [-0.3, -0.25) is 0 Å². The zero-order chi connectivity index (χ0) is 16.5. The second-order valence-electron chi connectivity index (χ2n) is 5.45. The van der Waals surface area contributed by atoms with Gasteiger partial charge < -0.3 is 4.74 Å². The van der Waals surface area contributed by atoms with E-state index in [9.17, 15) is 0 Å². The summed E-state index contributed by atoms with van der Waals surface area (Å²) in [4.78, 5) is 0.787. The Morgan fingerprint density at radius 2 is 1.88 bits per heavy atom. The first-order chi connectivity index (χ1) is 11.7. The third kappa shape index (κ3) is 2.65. The maximum absolute atomic E-state index is 5.48. The number of hydrogen-bond donors (Lipinski definition) is 0. The molecule has 5 nitrogen and oxygen atoms in total. The number of ether oxygens (including phenoxy) is 1. The van der Waals surface area contributed by atoms with Crippen molar-refractivity contribution in [3.05, 3.63) is 54.1 Å². The molecule has 4 aromatic rings. The average Bonchev–Trinajstić information content (AvgIpc) is 3.16. The fourth-order valence-electron chi connectivity index (χ4n) is 2.56. The molecule has 6 heteroatoms. The predicted octanol–water partition coefficient (Wildman–Crippen LogP) is 4.23. The summed E-state index contributed by atoms with van der Waals surface area (Å²) < 4.78 is 7.29.